The standard InChI is InChI=1S/C37H52O15/c1-12-17(4)31(44)49-25-22-13-34(10,51-20(7)40)23(22)26-35(11)32(48-19(6)39)37(52-21(8)41)14-33(9,45)28(50-30(43)16(2)3)24(37)29(47-18(5)38)36(26,15-46-35)27(25)42/h16-17,22-26,28-29,32,45H,12-15H2,1-11H3/t17?,22-,23+,24-,25-,26+,28-,29-,32+,33+,34+,35-,36+,37-/m1/s1. The number of Topliss-reactive ketones (excluding diaryl/α,β-unsaturated/α-hetero) is 1. The highest BCUT2D eigenvalue weighted by atomic mass is 16.6. The van der Waals surface area contributed by atoms with Crippen LogP contribution in [0, 0.1) is 40.9 Å². The van der Waals surface area contributed by atoms with Crippen LogP contribution in [0.1, 0.15) is 95.4 Å². The summed E-state index contributed by atoms with van der Waals surface area (Å²) in [7, 11) is 0. The molecule has 15 nitrogen and oxygen atoms in total. The van der Waals surface area contributed by atoms with Gasteiger partial charge in [0.2, 0.25) is 0 Å². The molecule has 0 radical (unpaired) electrons. The molecule has 1 unspecified atom stereocenters. The summed E-state index contributed by atoms with van der Waals surface area (Å²) >= 11 is 0. The highest BCUT2D eigenvalue weighted by molar-refractivity contribution is 5.95. The Kier molecular flexibility index (Phi) is 9.95. The van der Waals surface area contributed by atoms with Crippen molar-refractivity contribution in [2.45, 2.75) is 142 Å². The summed E-state index contributed by atoms with van der Waals surface area (Å²) in [5, 5.41) is 12.2. The predicted octanol–water partition coefficient (Wildman–Crippen LogP) is 2.39. The second kappa shape index (κ2) is 13.1. The second-order valence-electron chi connectivity index (χ2n) is 16.5. The number of esters is 6. The van der Waals surface area contributed by atoms with Gasteiger partial charge in [-0.25, -0.2) is 0 Å². The summed E-state index contributed by atoms with van der Waals surface area (Å²) in [6.07, 6.45) is -6.31. The largest absolute Gasteiger partial charge is 0.461 e. The lowest BCUT2D eigenvalue weighted by atomic mass is 9.42. The monoisotopic (exact) mass is 736 g/mol. The van der Waals surface area contributed by atoms with Crippen molar-refractivity contribution in [3.8, 4) is 0 Å². The summed E-state index contributed by atoms with van der Waals surface area (Å²) in [4.78, 5) is 94.4. The molecule has 5 aliphatic rings. The van der Waals surface area contributed by atoms with Crippen molar-refractivity contribution < 1.29 is 71.8 Å². The summed E-state index contributed by atoms with van der Waals surface area (Å²) in [6.45, 7) is 15.3. The van der Waals surface area contributed by atoms with Crippen molar-refractivity contribution in [3.05, 3.63) is 0 Å². The van der Waals surface area contributed by atoms with Gasteiger partial charge in [0.25, 0.3) is 0 Å². The van der Waals surface area contributed by atoms with E-state index in [4.69, 9.17) is 33.2 Å². The zero-order chi connectivity index (χ0) is 39.1. The van der Waals surface area contributed by atoms with Crippen molar-refractivity contribution in [1.29, 1.82) is 0 Å². The molecular weight excluding hydrogens is 684 g/mol. The van der Waals surface area contributed by atoms with E-state index in [9.17, 15) is 33.9 Å². The Labute approximate surface area is 303 Å². The maximum absolute atomic E-state index is 15.5. The quantitative estimate of drug-likeness (QED) is 0.267. The van der Waals surface area contributed by atoms with Gasteiger partial charge in [0.15, 0.2) is 23.6 Å². The fourth-order valence-corrected chi connectivity index (χ4v) is 10.4. The predicted molar refractivity (Wildman–Crippen MR) is 175 cm³/mol. The van der Waals surface area contributed by atoms with E-state index in [0.29, 0.717) is 6.42 Å². The fourth-order valence-electron chi connectivity index (χ4n) is 10.4. The van der Waals surface area contributed by atoms with Crippen molar-refractivity contribution in [2.75, 3.05) is 6.61 Å². The lowest BCUT2D eigenvalue weighted by Crippen LogP contribution is -2.75. The average molecular weight is 737 g/mol. The van der Waals surface area contributed by atoms with Crippen molar-refractivity contribution >= 4 is 41.6 Å². The second-order valence-corrected chi connectivity index (χ2v) is 16.5. The third-order valence-electron chi connectivity index (χ3n) is 12.3. The molecule has 0 amide bonds. The van der Waals surface area contributed by atoms with Gasteiger partial charge >= 0.3 is 35.8 Å². The highest BCUT2D eigenvalue weighted by Gasteiger charge is 2.87. The van der Waals surface area contributed by atoms with Gasteiger partial charge in [-0.3, -0.25) is 33.6 Å². The van der Waals surface area contributed by atoms with Crippen LogP contribution in [0.4, 0.5) is 0 Å². The van der Waals surface area contributed by atoms with Crippen molar-refractivity contribution in [3.63, 3.8) is 0 Å². The first-order valence-electron chi connectivity index (χ1n) is 18.0. The summed E-state index contributed by atoms with van der Waals surface area (Å²) in [5.74, 6) is -10.8. The van der Waals surface area contributed by atoms with E-state index in [1.54, 1.807) is 41.5 Å². The van der Waals surface area contributed by atoms with Crippen LogP contribution in [0.2, 0.25) is 0 Å². The lowest BCUT2D eigenvalue weighted by Gasteiger charge is -2.64. The third kappa shape index (κ3) is 5.80. The molecule has 0 aromatic rings. The number of aliphatic hydroxyl groups is 1. The molecule has 5 rings (SSSR count). The van der Waals surface area contributed by atoms with Crippen molar-refractivity contribution in [2.24, 2.45) is 40.9 Å². The van der Waals surface area contributed by atoms with E-state index in [1.807, 2.05) is 0 Å². The normalized spacial score (nSPS) is 43.4. The Morgan fingerprint density at radius 3 is 1.92 bits per heavy atom. The first kappa shape index (κ1) is 39.6. The van der Waals surface area contributed by atoms with Gasteiger partial charge in [0, 0.05) is 51.9 Å². The molecule has 52 heavy (non-hydrogen) atoms. The maximum Gasteiger partial charge on any atom is 0.309 e. The van der Waals surface area contributed by atoms with Gasteiger partial charge < -0.3 is 38.3 Å². The van der Waals surface area contributed by atoms with Crippen LogP contribution >= 0.6 is 0 Å². The molecule has 1 heterocycles. The van der Waals surface area contributed by atoms with Gasteiger partial charge in [-0.1, -0.05) is 27.7 Å². The molecule has 14 atom stereocenters. The molecule has 0 aromatic heterocycles. The molecule has 4 saturated carbocycles. The highest BCUT2D eigenvalue weighted by Crippen LogP contribution is 2.73. The van der Waals surface area contributed by atoms with Crippen LogP contribution in [0.5, 0.6) is 0 Å². The summed E-state index contributed by atoms with van der Waals surface area (Å²) < 4.78 is 43.1. The van der Waals surface area contributed by atoms with Crippen LogP contribution < -0.4 is 0 Å². The minimum Gasteiger partial charge on any atom is -0.461 e. The fraction of sp³-hybridized carbons (Fsp3) is 0.811. The van der Waals surface area contributed by atoms with Crippen LogP contribution in [-0.4, -0.2) is 100 Å². The van der Waals surface area contributed by atoms with Gasteiger partial charge in [-0.15, -0.1) is 0 Å². The number of hydrogen-bond acceptors (Lipinski definition) is 15. The maximum atomic E-state index is 15.5. The van der Waals surface area contributed by atoms with Crippen LogP contribution in [0.15, 0.2) is 0 Å². The average Bonchev–Trinajstić information content (AvgIpc) is 3.41. The molecule has 4 aliphatic carbocycles. The van der Waals surface area contributed by atoms with Gasteiger partial charge in [0.1, 0.15) is 29.0 Å². The molecular formula is C37H52O15. The SMILES string of the molecule is CCC(C)C(=O)O[C@H]1C(=O)[C@@]23CO[C@@](C)([C@H](OC(C)=O)[C@@]4(OC(C)=O)C[C@](C)(O)[C@H](OC(=O)C(C)C)[C@@H]4[C@H]2OC(C)=O)[C@@H]3[C@@H]2[C@H]1C[C@]2(C)OC(C)=O. The van der Waals surface area contributed by atoms with E-state index in [0.717, 1.165) is 20.8 Å². The summed E-state index contributed by atoms with van der Waals surface area (Å²) in [5.41, 5.74) is -9.19. The molecule has 2 bridgehead atoms. The Morgan fingerprint density at radius 1 is 0.808 bits per heavy atom. The number of rotatable bonds is 9. The molecule has 5 fully saturated rings. The number of ketones is 1. The number of carbonyl (C=O) groups is 7. The molecule has 290 valence electrons. The lowest BCUT2D eigenvalue weighted by molar-refractivity contribution is -0.262. The first-order chi connectivity index (χ1) is 23.9. The van der Waals surface area contributed by atoms with E-state index in [-0.39, 0.29) is 6.42 Å². The van der Waals surface area contributed by atoms with Crippen LogP contribution in [0.3, 0.4) is 0 Å². The van der Waals surface area contributed by atoms with E-state index >= 15 is 4.79 Å². The Balaban J connectivity index is 1.90. The van der Waals surface area contributed by atoms with E-state index in [1.165, 1.54) is 13.8 Å². The third-order valence-corrected chi connectivity index (χ3v) is 12.3. The number of hydrogen-bond donors (Lipinski definition) is 1. The molecule has 0 aromatic carbocycles. The Morgan fingerprint density at radius 2 is 1.40 bits per heavy atom. The minimum absolute atomic E-state index is 0.114. The zero-order valence-corrected chi connectivity index (χ0v) is 31.8. The first-order valence-corrected chi connectivity index (χ1v) is 18.0. The smallest absolute Gasteiger partial charge is 0.309 e. The molecule has 1 aliphatic heterocycles. The summed E-state index contributed by atoms with van der Waals surface area (Å²) in [6, 6.07) is 0. The number of ether oxygens (including phenoxy) is 7. The van der Waals surface area contributed by atoms with Crippen LogP contribution in [-0.2, 0) is 66.7 Å². The molecule has 15 heteroatoms. The minimum atomic E-state index is -2.14. The number of fused-ring (bicyclic) bond motifs is 2. The topological polar surface area (TPSA) is 204 Å². The number of carbonyl (C=O) groups excluding carboxylic acids is 7. The van der Waals surface area contributed by atoms with Gasteiger partial charge in [-0.05, 0) is 33.6 Å². The molecule has 0 spiro atoms. The molecule has 1 saturated heterocycles. The van der Waals surface area contributed by atoms with Crippen molar-refractivity contribution in [1.82, 2.24) is 0 Å². The Hall–Kier alpha value is -3.59. The van der Waals surface area contributed by atoms with E-state index in [2.05, 4.69) is 0 Å². The molecule has 1 N–H and O–H groups in total. The van der Waals surface area contributed by atoms with Gasteiger partial charge in [0.05, 0.1) is 29.8 Å². The zero-order valence-electron chi connectivity index (χ0n) is 31.8. The van der Waals surface area contributed by atoms with Gasteiger partial charge in [-0.2, -0.15) is 0 Å². The Bertz CT molecular complexity index is 1550. The van der Waals surface area contributed by atoms with Crippen LogP contribution in [0.25, 0.3) is 0 Å². The van der Waals surface area contributed by atoms with E-state index < -0.39 is 142 Å².